The molecule has 0 unspecified atom stereocenters. The van der Waals surface area contributed by atoms with Crippen LogP contribution in [0.1, 0.15) is 23.9 Å². The van der Waals surface area contributed by atoms with E-state index in [2.05, 4.69) is 10.4 Å². The van der Waals surface area contributed by atoms with Gasteiger partial charge in [-0.2, -0.15) is 5.10 Å². The third kappa shape index (κ3) is 4.91. The van der Waals surface area contributed by atoms with Gasteiger partial charge in [0, 0.05) is 24.8 Å². The van der Waals surface area contributed by atoms with E-state index >= 15 is 0 Å². The molecule has 0 spiro atoms. The van der Waals surface area contributed by atoms with Crippen LogP contribution in [0.2, 0.25) is 0 Å². The number of carbonyl (C=O) groups excluding carboxylic acids is 2. The van der Waals surface area contributed by atoms with Gasteiger partial charge in [0.15, 0.2) is 6.10 Å². The maximum atomic E-state index is 12.3. The highest BCUT2D eigenvalue weighted by Crippen LogP contribution is 2.25. The first kappa shape index (κ1) is 21.0. The average molecular weight is 387 g/mol. The van der Waals surface area contributed by atoms with E-state index in [-0.39, 0.29) is 0 Å². The summed E-state index contributed by atoms with van der Waals surface area (Å²) in [6.45, 7) is 5.15. The first-order chi connectivity index (χ1) is 13.3. The zero-order valence-electron chi connectivity index (χ0n) is 16.9. The molecule has 0 saturated carbocycles. The number of methoxy groups -OCH3 is 2. The van der Waals surface area contributed by atoms with Crippen LogP contribution in [0.25, 0.3) is 6.08 Å². The molecule has 1 atom stereocenters. The van der Waals surface area contributed by atoms with E-state index < -0.39 is 18.0 Å². The van der Waals surface area contributed by atoms with Crippen molar-refractivity contribution in [2.24, 2.45) is 7.05 Å². The Balaban J connectivity index is 2.00. The third-order valence-electron chi connectivity index (χ3n) is 4.26. The lowest BCUT2D eigenvalue weighted by atomic mass is 10.1. The van der Waals surface area contributed by atoms with Crippen LogP contribution in [-0.2, 0) is 21.4 Å². The first-order valence-corrected chi connectivity index (χ1v) is 8.68. The van der Waals surface area contributed by atoms with E-state index in [1.54, 1.807) is 50.0 Å². The van der Waals surface area contributed by atoms with Crippen LogP contribution >= 0.6 is 0 Å². The lowest BCUT2D eigenvalue weighted by molar-refractivity contribution is -0.148. The Kier molecular flexibility index (Phi) is 6.81. The summed E-state index contributed by atoms with van der Waals surface area (Å²) in [6.07, 6.45) is 1.84. The smallest absolute Gasteiger partial charge is 0.331 e. The van der Waals surface area contributed by atoms with Crippen LogP contribution in [-0.4, -0.2) is 42.0 Å². The van der Waals surface area contributed by atoms with Crippen LogP contribution in [0.5, 0.6) is 11.5 Å². The summed E-state index contributed by atoms with van der Waals surface area (Å²) in [5.74, 6) is 0.128. The van der Waals surface area contributed by atoms with Gasteiger partial charge in [0.05, 0.1) is 31.3 Å². The molecule has 8 nitrogen and oxygen atoms in total. The number of hydrogen-bond acceptors (Lipinski definition) is 6. The van der Waals surface area contributed by atoms with Gasteiger partial charge in [-0.3, -0.25) is 9.48 Å². The molecule has 2 rings (SSSR count). The molecule has 0 radical (unpaired) electrons. The van der Waals surface area contributed by atoms with Gasteiger partial charge in [0.25, 0.3) is 5.91 Å². The Morgan fingerprint density at radius 2 is 1.93 bits per heavy atom. The Labute approximate surface area is 164 Å². The molecule has 2 aromatic rings. The number of aryl methyl sites for hydroxylation is 2. The number of esters is 1. The molecule has 0 aliphatic heterocycles. The normalized spacial score (nSPS) is 11.9. The Morgan fingerprint density at radius 1 is 1.21 bits per heavy atom. The van der Waals surface area contributed by atoms with Crippen molar-refractivity contribution < 1.29 is 23.8 Å². The maximum Gasteiger partial charge on any atom is 0.331 e. The Morgan fingerprint density at radius 3 is 2.50 bits per heavy atom. The molecule has 1 heterocycles. The zero-order valence-corrected chi connectivity index (χ0v) is 16.9. The van der Waals surface area contributed by atoms with Gasteiger partial charge in [-0.05, 0) is 39.0 Å². The molecule has 0 bridgehead atoms. The van der Waals surface area contributed by atoms with Gasteiger partial charge >= 0.3 is 5.97 Å². The standard InChI is InChI=1S/C20H25N3O5/c1-12-19(13(2)23(4)22-12)21-20(25)14(3)28-18(24)10-8-15-7-9-16(26-5)11-17(15)27-6/h7-11,14H,1-6H3,(H,21,25)/b10-8+/t14-/m0/s1. The van der Waals surface area contributed by atoms with E-state index in [0.29, 0.717) is 28.4 Å². The maximum absolute atomic E-state index is 12.3. The monoisotopic (exact) mass is 387 g/mol. The van der Waals surface area contributed by atoms with Crippen molar-refractivity contribution in [3.63, 3.8) is 0 Å². The second-order valence-corrected chi connectivity index (χ2v) is 6.18. The molecule has 1 amide bonds. The second-order valence-electron chi connectivity index (χ2n) is 6.18. The Bertz CT molecular complexity index is 901. The van der Waals surface area contributed by atoms with Crippen LogP contribution < -0.4 is 14.8 Å². The number of benzene rings is 1. The molecular formula is C20H25N3O5. The van der Waals surface area contributed by atoms with Crippen molar-refractivity contribution in [3.05, 3.63) is 41.2 Å². The highest BCUT2D eigenvalue weighted by molar-refractivity contribution is 5.97. The van der Waals surface area contributed by atoms with Crippen LogP contribution in [0.3, 0.4) is 0 Å². The summed E-state index contributed by atoms with van der Waals surface area (Å²) in [5, 5.41) is 6.99. The van der Waals surface area contributed by atoms with Crippen molar-refractivity contribution in [2.45, 2.75) is 26.9 Å². The van der Waals surface area contributed by atoms with Crippen LogP contribution in [0.4, 0.5) is 5.69 Å². The molecule has 0 saturated heterocycles. The number of ether oxygens (including phenoxy) is 3. The van der Waals surface area contributed by atoms with Crippen LogP contribution in [0, 0.1) is 13.8 Å². The van der Waals surface area contributed by atoms with E-state index in [1.807, 2.05) is 6.92 Å². The fourth-order valence-electron chi connectivity index (χ4n) is 2.56. The molecule has 1 aromatic carbocycles. The number of carbonyl (C=O) groups is 2. The number of anilines is 1. The van der Waals surface area contributed by atoms with Gasteiger partial charge in [0.1, 0.15) is 11.5 Å². The molecule has 8 heteroatoms. The van der Waals surface area contributed by atoms with Crippen molar-refractivity contribution in [1.82, 2.24) is 9.78 Å². The number of aromatic nitrogens is 2. The van der Waals surface area contributed by atoms with Crippen molar-refractivity contribution in [2.75, 3.05) is 19.5 Å². The lowest BCUT2D eigenvalue weighted by Crippen LogP contribution is -2.29. The first-order valence-electron chi connectivity index (χ1n) is 8.68. The largest absolute Gasteiger partial charge is 0.497 e. The summed E-state index contributed by atoms with van der Waals surface area (Å²) in [6, 6.07) is 5.22. The minimum atomic E-state index is -0.964. The average Bonchev–Trinajstić information content (AvgIpc) is 2.91. The summed E-state index contributed by atoms with van der Waals surface area (Å²) in [4.78, 5) is 24.4. The predicted molar refractivity (Wildman–Crippen MR) is 105 cm³/mol. The van der Waals surface area contributed by atoms with Gasteiger partial charge in [-0.15, -0.1) is 0 Å². The van der Waals surface area contributed by atoms with E-state index in [9.17, 15) is 9.59 Å². The summed E-state index contributed by atoms with van der Waals surface area (Å²) in [7, 11) is 4.88. The molecule has 0 aliphatic rings. The summed E-state index contributed by atoms with van der Waals surface area (Å²) in [5.41, 5.74) is 2.81. The van der Waals surface area contributed by atoms with Gasteiger partial charge in [-0.1, -0.05) is 0 Å². The molecule has 1 aromatic heterocycles. The predicted octanol–water partition coefficient (Wildman–Crippen LogP) is 2.64. The van der Waals surface area contributed by atoms with Gasteiger partial charge in [-0.25, -0.2) is 4.79 Å². The van der Waals surface area contributed by atoms with Gasteiger partial charge < -0.3 is 19.5 Å². The number of amides is 1. The highest BCUT2D eigenvalue weighted by atomic mass is 16.5. The van der Waals surface area contributed by atoms with Crippen molar-refractivity contribution in [1.29, 1.82) is 0 Å². The minimum Gasteiger partial charge on any atom is -0.497 e. The number of nitrogens with zero attached hydrogens (tertiary/aromatic N) is 2. The summed E-state index contributed by atoms with van der Waals surface area (Å²) < 4.78 is 17.3. The molecule has 150 valence electrons. The molecule has 1 N–H and O–H groups in total. The van der Waals surface area contributed by atoms with Gasteiger partial charge in [0.2, 0.25) is 0 Å². The lowest BCUT2D eigenvalue weighted by Gasteiger charge is -2.12. The SMILES string of the molecule is COc1ccc(/C=C/C(=O)O[C@@H](C)C(=O)Nc2c(C)nn(C)c2C)c(OC)c1. The van der Waals surface area contributed by atoms with E-state index in [1.165, 1.54) is 20.1 Å². The summed E-state index contributed by atoms with van der Waals surface area (Å²) >= 11 is 0. The molecule has 0 fully saturated rings. The van der Waals surface area contributed by atoms with Crippen LogP contribution in [0.15, 0.2) is 24.3 Å². The third-order valence-corrected chi connectivity index (χ3v) is 4.26. The topological polar surface area (TPSA) is 91.7 Å². The highest BCUT2D eigenvalue weighted by Gasteiger charge is 2.20. The molecule has 0 aliphatic carbocycles. The van der Waals surface area contributed by atoms with Crippen molar-refractivity contribution in [3.8, 4) is 11.5 Å². The number of rotatable bonds is 7. The second kappa shape index (κ2) is 9.07. The zero-order chi connectivity index (χ0) is 20.8. The number of nitrogens with one attached hydrogen (secondary N) is 1. The minimum absolute atomic E-state index is 0.428. The number of hydrogen-bond donors (Lipinski definition) is 1. The Hall–Kier alpha value is -3.29. The molecule has 28 heavy (non-hydrogen) atoms. The fourth-order valence-corrected chi connectivity index (χ4v) is 2.56. The quantitative estimate of drug-likeness (QED) is 0.580. The molecular weight excluding hydrogens is 362 g/mol. The van der Waals surface area contributed by atoms with E-state index in [0.717, 1.165) is 5.69 Å². The van der Waals surface area contributed by atoms with Crippen molar-refractivity contribution >= 4 is 23.6 Å². The fraction of sp³-hybridized carbons (Fsp3) is 0.350. The van der Waals surface area contributed by atoms with E-state index in [4.69, 9.17) is 14.2 Å².